The summed E-state index contributed by atoms with van der Waals surface area (Å²) in [7, 11) is 2.88. The van der Waals surface area contributed by atoms with Gasteiger partial charge in [0.2, 0.25) is 0 Å². The van der Waals surface area contributed by atoms with Crippen molar-refractivity contribution in [3.8, 4) is 11.5 Å². The second-order valence-electron chi connectivity index (χ2n) is 5.02. The second kappa shape index (κ2) is 4.61. The first kappa shape index (κ1) is 13.5. The van der Waals surface area contributed by atoms with E-state index < -0.39 is 5.97 Å². The van der Waals surface area contributed by atoms with Crippen LogP contribution in [0.15, 0.2) is 12.1 Å². The van der Waals surface area contributed by atoms with Crippen LogP contribution in [0.2, 0.25) is 0 Å². The molecule has 0 amide bonds. The van der Waals surface area contributed by atoms with Gasteiger partial charge in [-0.15, -0.1) is 0 Å². The minimum Gasteiger partial charge on any atom is -0.496 e. The van der Waals surface area contributed by atoms with Crippen molar-refractivity contribution < 1.29 is 19.0 Å². The molecule has 0 fully saturated rings. The van der Waals surface area contributed by atoms with E-state index in [-0.39, 0.29) is 5.60 Å². The molecule has 1 aromatic rings. The topological polar surface area (TPSA) is 44.8 Å². The van der Waals surface area contributed by atoms with Gasteiger partial charge in [-0.2, -0.15) is 0 Å². The van der Waals surface area contributed by atoms with E-state index >= 15 is 0 Å². The molecule has 0 saturated heterocycles. The Bertz CT molecular complexity index is 556. The van der Waals surface area contributed by atoms with Gasteiger partial charge in [0, 0.05) is 11.6 Å². The first-order valence-corrected chi connectivity index (χ1v) is 6.08. The molecule has 0 unspecified atom stereocenters. The molecule has 1 aromatic carbocycles. The molecule has 0 aromatic heterocycles. The molecule has 4 nitrogen and oxygen atoms in total. The van der Waals surface area contributed by atoms with Gasteiger partial charge in [-0.3, -0.25) is 0 Å². The first-order valence-electron chi connectivity index (χ1n) is 6.08. The van der Waals surface area contributed by atoms with E-state index in [1.807, 2.05) is 32.9 Å². The minimum atomic E-state index is -0.407. The van der Waals surface area contributed by atoms with Crippen LogP contribution >= 0.6 is 0 Å². The zero-order chi connectivity index (χ0) is 14.2. The predicted molar refractivity (Wildman–Crippen MR) is 72.8 cm³/mol. The number of rotatable bonds is 2. The van der Waals surface area contributed by atoms with Gasteiger partial charge in [0.1, 0.15) is 22.7 Å². The van der Waals surface area contributed by atoms with Gasteiger partial charge < -0.3 is 14.2 Å². The van der Waals surface area contributed by atoms with E-state index in [1.165, 1.54) is 14.2 Å². The van der Waals surface area contributed by atoms with Crippen LogP contribution < -0.4 is 9.47 Å². The summed E-state index contributed by atoms with van der Waals surface area (Å²) in [6.45, 7) is 5.81. The summed E-state index contributed by atoms with van der Waals surface area (Å²) < 4.78 is 16.0. The fourth-order valence-corrected chi connectivity index (χ4v) is 2.18. The van der Waals surface area contributed by atoms with Gasteiger partial charge in [-0.1, -0.05) is 6.08 Å². The van der Waals surface area contributed by atoms with E-state index in [4.69, 9.17) is 14.2 Å². The molecule has 0 radical (unpaired) electrons. The van der Waals surface area contributed by atoms with Crippen LogP contribution in [0.1, 0.15) is 35.3 Å². The molecule has 0 aliphatic carbocycles. The molecule has 0 N–H and O–H groups in total. The molecule has 0 atom stereocenters. The number of esters is 1. The minimum absolute atomic E-state index is 0.364. The Morgan fingerprint density at radius 1 is 1.32 bits per heavy atom. The fourth-order valence-electron chi connectivity index (χ4n) is 2.18. The van der Waals surface area contributed by atoms with Crippen LogP contribution in [0.4, 0.5) is 0 Å². The van der Waals surface area contributed by atoms with Crippen LogP contribution in [0, 0.1) is 6.92 Å². The van der Waals surface area contributed by atoms with Crippen molar-refractivity contribution in [1.82, 2.24) is 0 Å². The third-order valence-electron chi connectivity index (χ3n) is 3.19. The van der Waals surface area contributed by atoms with Crippen LogP contribution in [-0.2, 0) is 4.74 Å². The Hall–Kier alpha value is -1.97. The van der Waals surface area contributed by atoms with Crippen LogP contribution in [-0.4, -0.2) is 25.8 Å². The molecule has 0 spiro atoms. The highest BCUT2D eigenvalue weighted by Crippen LogP contribution is 2.39. The number of methoxy groups -OCH3 is 2. The molecule has 1 aliphatic rings. The number of hydrogen-bond donors (Lipinski definition) is 0. The quantitative estimate of drug-likeness (QED) is 0.769. The molecule has 0 saturated carbocycles. The lowest BCUT2D eigenvalue weighted by atomic mass is 9.95. The average Bonchev–Trinajstić information content (AvgIpc) is 2.36. The van der Waals surface area contributed by atoms with Gasteiger partial charge in [0.15, 0.2) is 0 Å². The summed E-state index contributed by atoms with van der Waals surface area (Å²) in [5, 5.41) is 0. The van der Waals surface area contributed by atoms with Crippen LogP contribution in [0.3, 0.4) is 0 Å². The highest BCUT2D eigenvalue weighted by molar-refractivity contribution is 5.96. The highest BCUT2D eigenvalue weighted by atomic mass is 16.5. The van der Waals surface area contributed by atoms with Crippen LogP contribution in [0.25, 0.3) is 6.08 Å². The second-order valence-corrected chi connectivity index (χ2v) is 5.02. The summed E-state index contributed by atoms with van der Waals surface area (Å²) in [6, 6.07) is 1.74. The number of fused-ring (bicyclic) bond motifs is 1. The maximum Gasteiger partial charge on any atom is 0.341 e. The largest absolute Gasteiger partial charge is 0.496 e. The molecule has 2 rings (SSSR count). The summed E-state index contributed by atoms with van der Waals surface area (Å²) in [5.74, 6) is 0.777. The van der Waals surface area contributed by atoms with Crippen LogP contribution in [0.5, 0.6) is 11.5 Å². The molecular weight excluding hydrogens is 244 g/mol. The summed E-state index contributed by atoms with van der Waals surface area (Å²) >= 11 is 0. The maximum atomic E-state index is 11.9. The smallest absolute Gasteiger partial charge is 0.341 e. The standard InChI is InChI=1S/C15H18O4/c1-9-10-6-7-15(2,3)19-11(10)8-12(17-4)13(9)14(16)18-5/h6-8H,1-5H3. The van der Waals surface area contributed by atoms with E-state index in [1.54, 1.807) is 6.07 Å². The number of ether oxygens (including phenoxy) is 3. The third kappa shape index (κ3) is 2.30. The van der Waals surface area contributed by atoms with Gasteiger partial charge in [-0.25, -0.2) is 4.79 Å². The third-order valence-corrected chi connectivity index (χ3v) is 3.19. The molecule has 19 heavy (non-hydrogen) atoms. The lowest BCUT2D eigenvalue weighted by Crippen LogP contribution is -2.28. The number of carbonyl (C=O) groups excluding carboxylic acids is 1. The Kier molecular flexibility index (Phi) is 3.27. The monoisotopic (exact) mass is 262 g/mol. The maximum absolute atomic E-state index is 11.9. The van der Waals surface area contributed by atoms with Crippen molar-refractivity contribution in [1.29, 1.82) is 0 Å². The Labute approximate surface area is 113 Å². The van der Waals surface area contributed by atoms with Crippen molar-refractivity contribution in [2.75, 3.05) is 14.2 Å². The molecule has 4 heteroatoms. The average molecular weight is 262 g/mol. The number of benzene rings is 1. The molecule has 102 valence electrons. The predicted octanol–water partition coefficient (Wildman–Crippen LogP) is 2.97. The lowest BCUT2D eigenvalue weighted by molar-refractivity contribution is 0.0596. The van der Waals surface area contributed by atoms with E-state index in [0.717, 1.165) is 16.9 Å². The van der Waals surface area contributed by atoms with Crippen molar-refractivity contribution >= 4 is 12.0 Å². The van der Waals surface area contributed by atoms with Gasteiger partial charge in [0.25, 0.3) is 0 Å². The number of carbonyl (C=O) groups is 1. The van der Waals surface area contributed by atoms with E-state index in [9.17, 15) is 4.79 Å². The van der Waals surface area contributed by atoms with Gasteiger partial charge >= 0.3 is 5.97 Å². The molecule has 0 bridgehead atoms. The van der Waals surface area contributed by atoms with Crippen molar-refractivity contribution in [2.45, 2.75) is 26.4 Å². The van der Waals surface area contributed by atoms with Gasteiger partial charge in [-0.05, 0) is 32.4 Å². The molecular formula is C15H18O4. The zero-order valence-electron chi connectivity index (χ0n) is 11.9. The number of hydrogen-bond acceptors (Lipinski definition) is 4. The summed E-state index contributed by atoms with van der Waals surface area (Å²) in [4.78, 5) is 11.9. The Morgan fingerprint density at radius 3 is 2.58 bits per heavy atom. The lowest BCUT2D eigenvalue weighted by Gasteiger charge is -2.29. The van der Waals surface area contributed by atoms with Crippen molar-refractivity contribution in [3.63, 3.8) is 0 Å². The Balaban J connectivity index is 2.65. The van der Waals surface area contributed by atoms with E-state index in [0.29, 0.717) is 11.3 Å². The molecule has 1 heterocycles. The molecule has 1 aliphatic heterocycles. The zero-order valence-corrected chi connectivity index (χ0v) is 11.9. The van der Waals surface area contributed by atoms with Crippen molar-refractivity contribution in [3.05, 3.63) is 28.8 Å². The van der Waals surface area contributed by atoms with Gasteiger partial charge in [0.05, 0.1) is 14.2 Å². The summed E-state index contributed by atoms with van der Waals surface area (Å²) in [5.41, 5.74) is 1.77. The van der Waals surface area contributed by atoms with E-state index in [2.05, 4.69) is 0 Å². The first-order chi connectivity index (χ1) is 8.89. The van der Waals surface area contributed by atoms with Crippen molar-refractivity contribution in [2.24, 2.45) is 0 Å². The fraction of sp³-hybridized carbons (Fsp3) is 0.400. The Morgan fingerprint density at radius 2 is 2.00 bits per heavy atom. The summed E-state index contributed by atoms with van der Waals surface area (Å²) in [6.07, 6.45) is 3.94. The highest BCUT2D eigenvalue weighted by Gasteiger charge is 2.27. The normalized spacial score (nSPS) is 15.4. The SMILES string of the molecule is COC(=O)c1c(OC)cc2c(c1C)C=CC(C)(C)O2.